The van der Waals surface area contributed by atoms with Gasteiger partial charge in [-0.1, -0.05) is 38.0 Å². The van der Waals surface area contributed by atoms with Gasteiger partial charge in [-0.15, -0.1) is 0 Å². The number of rotatable bonds is 8. The van der Waals surface area contributed by atoms with Gasteiger partial charge in [0.2, 0.25) is 0 Å². The van der Waals surface area contributed by atoms with E-state index in [1.54, 1.807) is 0 Å². The second kappa shape index (κ2) is 8.09. The lowest BCUT2D eigenvalue weighted by molar-refractivity contribution is 0.105. The van der Waals surface area contributed by atoms with Crippen LogP contribution in [0, 0.1) is 11.3 Å². The van der Waals surface area contributed by atoms with Crippen LogP contribution >= 0.6 is 0 Å². The molecule has 1 aromatic heterocycles. The molecule has 4 nitrogen and oxygen atoms in total. The molecule has 0 saturated carbocycles. The molecule has 0 N–H and O–H groups in total. The summed E-state index contributed by atoms with van der Waals surface area (Å²) in [6, 6.07) is 11.2. The van der Waals surface area contributed by atoms with E-state index in [1.165, 1.54) is 18.9 Å². The van der Waals surface area contributed by atoms with Crippen LogP contribution in [0.5, 0.6) is 0 Å². The Morgan fingerprint density at radius 1 is 1.35 bits per heavy atom. The highest BCUT2D eigenvalue weighted by Crippen LogP contribution is 2.25. The molecule has 1 aromatic carbocycles. The maximum absolute atomic E-state index is 9.25. The zero-order chi connectivity index (χ0) is 16.7. The van der Waals surface area contributed by atoms with Crippen LogP contribution in [0.1, 0.15) is 50.4 Å². The summed E-state index contributed by atoms with van der Waals surface area (Å²) in [7, 11) is -0.518. The number of nitriles is 1. The summed E-state index contributed by atoms with van der Waals surface area (Å²) < 4.78 is 8.31. The predicted octanol–water partition coefficient (Wildman–Crippen LogP) is 3.36. The highest BCUT2D eigenvalue weighted by molar-refractivity contribution is 6.27. The fourth-order valence-corrected chi connectivity index (χ4v) is 4.16. The number of hydrogen-bond acceptors (Lipinski definition) is 3. The van der Waals surface area contributed by atoms with Crippen LogP contribution in [0.15, 0.2) is 36.8 Å². The Morgan fingerprint density at radius 2 is 2.13 bits per heavy atom. The summed E-state index contributed by atoms with van der Waals surface area (Å²) in [6.07, 6.45) is 6.17. The number of hydrogen-bond donors (Lipinski definition) is 0. The first-order chi connectivity index (χ1) is 11.1. The number of aromatic nitrogens is 2. The minimum Gasteiger partial charge on any atom is -0.414 e. The lowest BCUT2D eigenvalue weighted by Crippen LogP contribution is -2.27. The molecule has 0 aliphatic heterocycles. The van der Waals surface area contributed by atoms with Gasteiger partial charge in [0.25, 0.3) is 0 Å². The van der Waals surface area contributed by atoms with Crippen LogP contribution in [0.25, 0.3) is 0 Å². The monoisotopic (exact) mass is 327 g/mol. The van der Waals surface area contributed by atoms with Crippen molar-refractivity contribution in [3.05, 3.63) is 53.6 Å². The van der Waals surface area contributed by atoms with Gasteiger partial charge in [-0.3, -0.25) is 0 Å². The molecule has 1 heterocycles. The van der Waals surface area contributed by atoms with Crippen molar-refractivity contribution < 1.29 is 4.43 Å². The molecule has 0 aliphatic rings. The summed E-state index contributed by atoms with van der Waals surface area (Å²) in [5.74, 6) is 0. The fraction of sp³-hybridized carbons (Fsp3) is 0.444. The molecule has 122 valence electrons. The molecule has 0 bridgehead atoms. The Kier molecular flexibility index (Phi) is 6.14. The van der Waals surface area contributed by atoms with Crippen LogP contribution in [0.4, 0.5) is 0 Å². The highest BCUT2D eigenvalue weighted by atomic mass is 28.2. The average molecular weight is 328 g/mol. The highest BCUT2D eigenvalue weighted by Gasteiger charge is 2.25. The number of unbranched alkanes of at least 4 members (excludes halogenated alkanes) is 1. The van der Waals surface area contributed by atoms with Crippen LogP contribution in [-0.4, -0.2) is 19.3 Å². The molecule has 0 atom stereocenters. The summed E-state index contributed by atoms with van der Waals surface area (Å²) in [6.45, 7) is 7.06. The molecular formula is C18H25N3OSi. The zero-order valence-electron chi connectivity index (χ0n) is 14.2. The molecule has 0 amide bonds. The molecule has 23 heavy (non-hydrogen) atoms. The van der Waals surface area contributed by atoms with Gasteiger partial charge in [-0.05, 0) is 31.5 Å². The molecule has 0 aliphatic carbocycles. The van der Waals surface area contributed by atoms with Gasteiger partial charge in [0.15, 0.2) is 9.76 Å². The zero-order valence-corrected chi connectivity index (χ0v) is 15.7. The van der Waals surface area contributed by atoms with Crippen LogP contribution < -0.4 is 0 Å². The number of imidazole rings is 1. The van der Waals surface area contributed by atoms with Gasteiger partial charge in [0, 0.05) is 0 Å². The SMILES string of the molecule is CCCC[SiH2]OC(C)(C)c1cncn1Cc1ccccc1C#N. The van der Waals surface area contributed by atoms with E-state index in [4.69, 9.17) is 4.43 Å². The van der Waals surface area contributed by atoms with Crippen molar-refractivity contribution in [2.75, 3.05) is 0 Å². The van der Waals surface area contributed by atoms with Crippen molar-refractivity contribution in [1.82, 2.24) is 9.55 Å². The topological polar surface area (TPSA) is 50.8 Å². The third kappa shape index (κ3) is 4.53. The third-order valence-corrected chi connectivity index (χ3v) is 5.73. The van der Waals surface area contributed by atoms with Crippen molar-refractivity contribution in [1.29, 1.82) is 5.26 Å². The summed E-state index contributed by atoms with van der Waals surface area (Å²) in [5.41, 5.74) is 2.45. The molecular weight excluding hydrogens is 302 g/mol. The summed E-state index contributed by atoms with van der Waals surface area (Å²) in [5, 5.41) is 9.25. The first-order valence-corrected chi connectivity index (χ1v) is 9.78. The second-order valence-electron chi connectivity index (χ2n) is 6.24. The van der Waals surface area contributed by atoms with Gasteiger partial charge in [-0.2, -0.15) is 5.26 Å². The van der Waals surface area contributed by atoms with E-state index in [1.807, 2.05) is 36.8 Å². The smallest absolute Gasteiger partial charge is 0.162 e. The van der Waals surface area contributed by atoms with E-state index in [9.17, 15) is 5.26 Å². The van der Waals surface area contributed by atoms with Crippen LogP contribution in [-0.2, 0) is 16.6 Å². The first-order valence-electron chi connectivity index (χ1n) is 8.21. The van der Waals surface area contributed by atoms with E-state index in [0.29, 0.717) is 12.1 Å². The van der Waals surface area contributed by atoms with Crippen molar-refractivity contribution in [3.8, 4) is 6.07 Å². The minimum atomic E-state index is -0.518. The summed E-state index contributed by atoms with van der Waals surface area (Å²) >= 11 is 0. The minimum absolute atomic E-state index is 0.335. The standard InChI is InChI=1S/C18H25N3OSi/c1-4-5-10-23-22-18(2,3)17-12-20-14-21(17)13-16-9-7-6-8-15(16)11-19/h6-9,12,14H,4-5,10,13,23H2,1-3H3. The largest absolute Gasteiger partial charge is 0.414 e. The Morgan fingerprint density at radius 3 is 2.87 bits per heavy atom. The molecule has 5 heteroatoms. The van der Waals surface area contributed by atoms with E-state index in [2.05, 4.69) is 36.4 Å². The third-order valence-electron chi connectivity index (χ3n) is 4.02. The summed E-state index contributed by atoms with van der Waals surface area (Å²) in [4.78, 5) is 4.30. The molecule has 2 aromatic rings. The van der Waals surface area contributed by atoms with Crippen LogP contribution in [0.3, 0.4) is 0 Å². The Balaban J connectivity index is 2.14. The maximum Gasteiger partial charge on any atom is 0.162 e. The maximum atomic E-state index is 9.25. The molecule has 0 radical (unpaired) electrons. The molecule has 2 rings (SSSR count). The lowest BCUT2D eigenvalue weighted by atomic mass is 10.1. The number of nitrogens with zero attached hydrogens (tertiary/aromatic N) is 3. The first kappa shape index (κ1) is 17.5. The normalized spacial score (nSPS) is 11.9. The van der Waals surface area contributed by atoms with Gasteiger partial charge in [0.05, 0.1) is 42.0 Å². The van der Waals surface area contributed by atoms with E-state index in [0.717, 1.165) is 11.3 Å². The van der Waals surface area contributed by atoms with E-state index >= 15 is 0 Å². The Labute approximate surface area is 141 Å². The average Bonchev–Trinajstić information content (AvgIpc) is 3.01. The molecule has 0 unspecified atom stereocenters. The quantitative estimate of drug-likeness (QED) is 0.552. The van der Waals surface area contributed by atoms with E-state index < -0.39 is 9.76 Å². The van der Waals surface area contributed by atoms with Gasteiger partial charge >= 0.3 is 0 Å². The molecule has 0 fully saturated rings. The van der Waals surface area contributed by atoms with Crippen LogP contribution in [0.2, 0.25) is 6.04 Å². The fourth-order valence-electron chi connectivity index (χ4n) is 2.65. The molecule has 0 spiro atoms. The number of benzene rings is 1. The van der Waals surface area contributed by atoms with Crippen molar-refractivity contribution >= 4 is 9.76 Å². The van der Waals surface area contributed by atoms with Crippen molar-refractivity contribution in [3.63, 3.8) is 0 Å². The lowest BCUT2D eigenvalue weighted by Gasteiger charge is -2.27. The predicted molar refractivity (Wildman–Crippen MR) is 94.9 cm³/mol. The van der Waals surface area contributed by atoms with Gasteiger partial charge in [0.1, 0.15) is 0 Å². The van der Waals surface area contributed by atoms with Crippen molar-refractivity contribution in [2.45, 2.75) is 51.8 Å². The Hall–Kier alpha value is -1.90. The van der Waals surface area contributed by atoms with Gasteiger partial charge < -0.3 is 8.99 Å². The van der Waals surface area contributed by atoms with Crippen molar-refractivity contribution in [2.24, 2.45) is 0 Å². The van der Waals surface area contributed by atoms with E-state index in [-0.39, 0.29) is 5.60 Å². The second-order valence-corrected chi connectivity index (χ2v) is 7.65. The van der Waals surface area contributed by atoms with Gasteiger partial charge in [-0.25, -0.2) is 4.98 Å². The molecule has 0 saturated heterocycles. The Bertz CT molecular complexity index is 673.